The zero-order chi connectivity index (χ0) is 23.8. The molecule has 0 bridgehead atoms. The van der Waals surface area contributed by atoms with Crippen molar-refractivity contribution in [3.8, 4) is 5.75 Å². The second-order valence-electron chi connectivity index (χ2n) is 8.88. The van der Waals surface area contributed by atoms with Crippen LogP contribution in [0.25, 0.3) is 10.9 Å². The Labute approximate surface area is 203 Å². The standard InChI is InChI=1S/C20H20ClNO.C8H18N2/c1-4-14(2)20-17-7-5-6-8-18(17)22(3)19(20)13-23-16-11-9-15(21)10-12-16;1-10-8-5-3-2-4-7(8)6-9/h4-12,14H,1,13H2,2-3H3;7-8,10H,2-6,9H2,1H3. The van der Waals surface area contributed by atoms with Crippen LogP contribution in [0.1, 0.15) is 49.8 Å². The maximum absolute atomic E-state index is 5.98. The van der Waals surface area contributed by atoms with E-state index >= 15 is 0 Å². The molecule has 1 fully saturated rings. The smallest absolute Gasteiger partial charge is 0.129 e. The lowest BCUT2D eigenvalue weighted by atomic mass is 9.85. The minimum atomic E-state index is 0.268. The number of hydrogen-bond donors (Lipinski definition) is 2. The summed E-state index contributed by atoms with van der Waals surface area (Å²) >= 11 is 5.92. The normalized spacial score (nSPS) is 18.9. The van der Waals surface area contributed by atoms with Crippen LogP contribution in [-0.2, 0) is 13.7 Å². The fourth-order valence-corrected chi connectivity index (χ4v) is 4.95. The largest absolute Gasteiger partial charge is 0.487 e. The molecule has 0 saturated heterocycles. The molecule has 0 aliphatic heterocycles. The zero-order valence-corrected chi connectivity index (χ0v) is 20.9. The van der Waals surface area contributed by atoms with E-state index in [2.05, 4.69) is 54.7 Å². The summed E-state index contributed by atoms with van der Waals surface area (Å²) in [5, 5.41) is 5.30. The van der Waals surface area contributed by atoms with Crippen molar-refractivity contribution in [1.82, 2.24) is 9.88 Å². The van der Waals surface area contributed by atoms with Crippen LogP contribution < -0.4 is 15.8 Å². The third-order valence-corrected chi connectivity index (χ3v) is 7.10. The Morgan fingerprint density at radius 1 is 1.18 bits per heavy atom. The number of para-hydroxylation sites is 1. The summed E-state index contributed by atoms with van der Waals surface area (Å²) < 4.78 is 8.19. The predicted octanol–water partition coefficient (Wildman–Crippen LogP) is 6.42. The first-order valence-electron chi connectivity index (χ1n) is 11.9. The third-order valence-electron chi connectivity index (χ3n) is 6.85. The Bertz CT molecular complexity index is 1020. The minimum absolute atomic E-state index is 0.268. The molecular weight excluding hydrogens is 430 g/mol. The van der Waals surface area contributed by atoms with Gasteiger partial charge in [-0.3, -0.25) is 0 Å². The average Bonchev–Trinajstić information content (AvgIpc) is 3.15. The van der Waals surface area contributed by atoms with E-state index < -0.39 is 0 Å². The third kappa shape index (κ3) is 6.20. The zero-order valence-electron chi connectivity index (χ0n) is 20.2. The summed E-state index contributed by atoms with van der Waals surface area (Å²) in [6, 6.07) is 16.6. The number of allylic oxidation sites excluding steroid dienone is 1. The van der Waals surface area contributed by atoms with Crippen molar-refractivity contribution in [3.63, 3.8) is 0 Å². The minimum Gasteiger partial charge on any atom is -0.487 e. The summed E-state index contributed by atoms with van der Waals surface area (Å²) in [6.45, 7) is 7.49. The number of ether oxygens (including phenoxy) is 1. The molecule has 4 nitrogen and oxygen atoms in total. The summed E-state index contributed by atoms with van der Waals surface area (Å²) in [6.07, 6.45) is 7.37. The fourth-order valence-electron chi connectivity index (χ4n) is 4.83. The Hall–Kier alpha value is -2.27. The number of rotatable bonds is 7. The Balaban J connectivity index is 0.000000257. The van der Waals surface area contributed by atoms with Gasteiger partial charge >= 0.3 is 0 Å². The van der Waals surface area contributed by atoms with Crippen LogP contribution in [0.3, 0.4) is 0 Å². The molecule has 0 radical (unpaired) electrons. The molecule has 1 aliphatic rings. The fraction of sp³-hybridized carbons (Fsp3) is 0.429. The molecule has 4 rings (SSSR count). The molecule has 1 aromatic heterocycles. The monoisotopic (exact) mass is 467 g/mol. The van der Waals surface area contributed by atoms with E-state index in [4.69, 9.17) is 22.1 Å². The summed E-state index contributed by atoms with van der Waals surface area (Å²) in [5.74, 6) is 1.82. The number of hydrogen-bond acceptors (Lipinski definition) is 3. The molecule has 0 amide bonds. The highest BCUT2D eigenvalue weighted by Gasteiger charge is 2.21. The lowest BCUT2D eigenvalue weighted by Crippen LogP contribution is -2.39. The number of fused-ring (bicyclic) bond motifs is 1. The number of aromatic nitrogens is 1. The molecule has 3 unspecified atom stereocenters. The van der Waals surface area contributed by atoms with Gasteiger partial charge in [0.05, 0.1) is 5.69 Å². The van der Waals surface area contributed by atoms with E-state index in [0.29, 0.717) is 17.7 Å². The van der Waals surface area contributed by atoms with Crippen LogP contribution in [0, 0.1) is 5.92 Å². The van der Waals surface area contributed by atoms with Crippen LogP contribution in [0.15, 0.2) is 61.2 Å². The molecular formula is C28H38ClN3O. The molecule has 1 saturated carbocycles. The van der Waals surface area contributed by atoms with Gasteiger partial charge in [0.25, 0.3) is 0 Å². The van der Waals surface area contributed by atoms with Crippen molar-refractivity contribution in [1.29, 1.82) is 0 Å². The van der Waals surface area contributed by atoms with Crippen molar-refractivity contribution in [2.45, 2.75) is 51.2 Å². The molecule has 178 valence electrons. The quantitative estimate of drug-likeness (QED) is 0.394. The second kappa shape index (κ2) is 12.3. The molecule has 3 N–H and O–H groups in total. The number of halogens is 1. The first-order valence-corrected chi connectivity index (χ1v) is 12.3. The van der Waals surface area contributed by atoms with Gasteiger partial charge in [-0.2, -0.15) is 0 Å². The number of nitrogens with zero attached hydrogens (tertiary/aromatic N) is 1. The maximum atomic E-state index is 5.98. The van der Waals surface area contributed by atoms with Crippen LogP contribution in [-0.4, -0.2) is 24.2 Å². The topological polar surface area (TPSA) is 52.2 Å². The molecule has 3 aromatic rings. The van der Waals surface area contributed by atoms with Crippen LogP contribution in [0.2, 0.25) is 5.02 Å². The van der Waals surface area contributed by atoms with Gasteiger partial charge in [-0.15, -0.1) is 6.58 Å². The molecule has 5 heteroatoms. The molecule has 1 heterocycles. The predicted molar refractivity (Wildman–Crippen MR) is 141 cm³/mol. The van der Waals surface area contributed by atoms with E-state index in [1.54, 1.807) is 0 Å². The highest BCUT2D eigenvalue weighted by atomic mass is 35.5. The van der Waals surface area contributed by atoms with Gasteiger partial charge in [-0.25, -0.2) is 0 Å². The highest BCUT2D eigenvalue weighted by Crippen LogP contribution is 2.33. The molecule has 33 heavy (non-hydrogen) atoms. The van der Waals surface area contributed by atoms with Crippen molar-refractivity contribution >= 4 is 22.5 Å². The number of nitrogens with two attached hydrogens (primary N) is 1. The molecule has 2 aromatic carbocycles. The van der Waals surface area contributed by atoms with E-state index in [0.717, 1.165) is 18.2 Å². The van der Waals surface area contributed by atoms with Crippen LogP contribution in [0.4, 0.5) is 0 Å². The summed E-state index contributed by atoms with van der Waals surface area (Å²) in [5.41, 5.74) is 9.30. The SMILES string of the molecule is C=CC(C)c1c(COc2ccc(Cl)cc2)n(C)c2ccccc12.CNC1CCCCC1CN. The molecule has 1 aliphatic carbocycles. The van der Waals surface area contributed by atoms with Gasteiger partial charge in [0.2, 0.25) is 0 Å². The summed E-state index contributed by atoms with van der Waals surface area (Å²) in [4.78, 5) is 0. The van der Waals surface area contributed by atoms with Crippen molar-refractivity contribution in [3.05, 3.63) is 77.5 Å². The molecule has 0 spiro atoms. The van der Waals surface area contributed by atoms with Gasteiger partial charge in [0, 0.05) is 34.9 Å². The lowest BCUT2D eigenvalue weighted by molar-refractivity contribution is 0.281. The van der Waals surface area contributed by atoms with Gasteiger partial charge in [-0.05, 0) is 68.2 Å². The Kier molecular flexibility index (Phi) is 9.42. The van der Waals surface area contributed by atoms with Crippen molar-refractivity contribution < 1.29 is 4.74 Å². The van der Waals surface area contributed by atoms with Crippen molar-refractivity contribution in [2.24, 2.45) is 18.7 Å². The van der Waals surface area contributed by atoms with Crippen LogP contribution in [0.5, 0.6) is 5.75 Å². The van der Waals surface area contributed by atoms with E-state index in [-0.39, 0.29) is 5.92 Å². The van der Waals surface area contributed by atoms with E-state index in [9.17, 15) is 0 Å². The Morgan fingerprint density at radius 2 is 1.88 bits per heavy atom. The first kappa shape index (κ1) is 25.4. The number of benzene rings is 2. The van der Waals surface area contributed by atoms with Gasteiger partial charge in [-0.1, -0.05) is 55.6 Å². The molecule has 3 atom stereocenters. The lowest BCUT2D eigenvalue weighted by Gasteiger charge is -2.30. The average molecular weight is 468 g/mol. The van der Waals surface area contributed by atoms with Gasteiger partial charge in [0.15, 0.2) is 0 Å². The second-order valence-corrected chi connectivity index (χ2v) is 9.32. The van der Waals surface area contributed by atoms with Crippen molar-refractivity contribution in [2.75, 3.05) is 13.6 Å². The van der Waals surface area contributed by atoms with Gasteiger partial charge < -0.3 is 20.4 Å². The highest BCUT2D eigenvalue weighted by molar-refractivity contribution is 6.30. The first-order chi connectivity index (χ1) is 16.0. The van der Waals surface area contributed by atoms with E-state index in [1.165, 1.54) is 47.8 Å². The van der Waals surface area contributed by atoms with Crippen LogP contribution >= 0.6 is 11.6 Å². The number of aryl methyl sites for hydroxylation is 1. The van der Waals surface area contributed by atoms with E-state index in [1.807, 2.05) is 37.4 Å². The Morgan fingerprint density at radius 3 is 2.52 bits per heavy atom. The summed E-state index contributed by atoms with van der Waals surface area (Å²) in [7, 11) is 4.13. The maximum Gasteiger partial charge on any atom is 0.129 e. The number of nitrogens with one attached hydrogen (secondary N) is 1. The van der Waals surface area contributed by atoms with Gasteiger partial charge in [0.1, 0.15) is 12.4 Å².